The first-order valence-corrected chi connectivity index (χ1v) is 10.5. The molecule has 3 aromatic heterocycles. The quantitative estimate of drug-likeness (QED) is 0.525. The first kappa shape index (κ1) is 19.7. The molecule has 0 aromatic carbocycles. The van der Waals surface area contributed by atoms with E-state index in [0.717, 1.165) is 48.4 Å². The third kappa shape index (κ3) is 4.19. The Bertz CT molecular complexity index is 956. The summed E-state index contributed by atoms with van der Waals surface area (Å²) in [5, 5.41) is 11.1. The summed E-state index contributed by atoms with van der Waals surface area (Å²) in [6, 6.07) is 4.74. The second kappa shape index (κ2) is 8.02. The molecule has 11 heteroatoms. The van der Waals surface area contributed by atoms with Gasteiger partial charge in [0.2, 0.25) is 0 Å². The third-order valence-corrected chi connectivity index (χ3v) is 6.46. The van der Waals surface area contributed by atoms with Crippen LogP contribution in [0.3, 0.4) is 0 Å². The molecule has 3 aromatic rings. The number of ether oxygens (including phenoxy) is 1. The Labute approximate surface area is 171 Å². The van der Waals surface area contributed by atoms with Gasteiger partial charge in [-0.1, -0.05) is 17.7 Å². The number of nitrogens with zero attached hydrogens (tertiary/aromatic N) is 4. The molecule has 0 N–H and O–H groups in total. The Morgan fingerprint density at radius 3 is 2.86 bits per heavy atom. The molecule has 1 fully saturated rings. The number of halogens is 4. The summed E-state index contributed by atoms with van der Waals surface area (Å²) in [6.07, 6.45) is -1.74. The normalized spacial score (nSPS) is 17.4. The lowest BCUT2D eigenvalue weighted by molar-refractivity contribution is -0.137. The summed E-state index contributed by atoms with van der Waals surface area (Å²) in [7, 11) is 0. The van der Waals surface area contributed by atoms with Crippen molar-refractivity contribution in [3.63, 3.8) is 0 Å². The van der Waals surface area contributed by atoms with E-state index >= 15 is 0 Å². The molecule has 4 rings (SSSR count). The predicted molar refractivity (Wildman–Crippen MR) is 101 cm³/mol. The molecule has 0 unspecified atom stereocenters. The Balaban J connectivity index is 1.66. The molecule has 0 spiro atoms. The second-order valence-corrected chi connectivity index (χ2v) is 8.45. The number of hydrogen-bond acceptors (Lipinski definition) is 6. The van der Waals surface area contributed by atoms with Crippen LogP contribution in [0.25, 0.3) is 10.7 Å². The summed E-state index contributed by atoms with van der Waals surface area (Å²) in [6.45, 7) is 1.27. The highest BCUT2D eigenvalue weighted by Gasteiger charge is 2.32. The van der Waals surface area contributed by atoms with Gasteiger partial charge in [-0.15, -0.1) is 21.5 Å². The molecular weight excluding hydrogens is 433 g/mol. The van der Waals surface area contributed by atoms with Crippen LogP contribution in [0.2, 0.25) is 5.02 Å². The summed E-state index contributed by atoms with van der Waals surface area (Å²) >= 11 is 8.68. The van der Waals surface area contributed by atoms with Crippen molar-refractivity contribution in [2.75, 3.05) is 6.61 Å². The maximum absolute atomic E-state index is 12.8. The number of alkyl halides is 3. The molecule has 0 saturated carbocycles. The lowest BCUT2D eigenvalue weighted by atomic mass is 10.2. The van der Waals surface area contributed by atoms with Crippen molar-refractivity contribution in [1.82, 2.24) is 19.7 Å². The maximum Gasteiger partial charge on any atom is 0.417 e. The van der Waals surface area contributed by atoms with Crippen molar-refractivity contribution in [1.29, 1.82) is 0 Å². The van der Waals surface area contributed by atoms with Crippen LogP contribution in [0, 0.1) is 0 Å². The van der Waals surface area contributed by atoms with Crippen molar-refractivity contribution in [3.05, 3.63) is 40.4 Å². The van der Waals surface area contributed by atoms with Crippen molar-refractivity contribution >= 4 is 34.7 Å². The van der Waals surface area contributed by atoms with Crippen LogP contribution in [0.5, 0.6) is 0 Å². The Morgan fingerprint density at radius 1 is 1.36 bits per heavy atom. The maximum atomic E-state index is 12.8. The van der Waals surface area contributed by atoms with E-state index in [2.05, 4.69) is 15.2 Å². The Hall–Kier alpha value is -1.62. The van der Waals surface area contributed by atoms with Crippen molar-refractivity contribution in [2.45, 2.75) is 41.8 Å². The van der Waals surface area contributed by atoms with Gasteiger partial charge in [0.15, 0.2) is 11.0 Å². The predicted octanol–water partition coefficient (Wildman–Crippen LogP) is 5.40. The van der Waals surface area contributed by atoms with E-state index in [9.17, 15) is 13.2 Å². The van der Waals surface area contributed by atoms with Gasteiger partial charge in [0.05, 0.1) is 28.1 Å². The lowest BCUT2D eigenvalue weighted by Gasteiger charge is -2.14. The van der Waals surface area contributed by atoms with Crippen LogP contribution >= 0.6 is 34.7 Å². The standard InChI is InChI=1S/C17H14ClF3N4OS2/c18-12-7-10(17(19,20)21)8-22-15(12)28-16-24-23-14(13-4-2-6-27-13)25(16)9-11-3-1-5-26-11/h2,4,6-8,11H,1,3,5,9H2/t11-/m1/s1. The molecule has 4 heterocycles. The number of hydrogen-bond donors (Lipinski definition) is 0. The third-order valence-electron chi connectivity index (χ3n) is 4.19. The highest BCUT2D eigenvalue weighted by molar-refractivity contribution is 7.99. The van der Waals surface area contributed by atoms with E-state index in [1.165, 1.54) is 11.3 Å². The SMILES string of the molecule is FC(F)(F)c1cnc(Sc2nnc(-c3cccs3)n2C[C@H]2CCCO2)c(Cl)c1. The minimum absolute atomic E-state index is 0.0464. The van der Waals surface area contributed by atoms with Gasteiger partial charge in [-0.3, -0.25) is 4.57 Å². The van der Waals surface area contributed by atoms with Crippen molar-refractivity contribution < 1.29 is 17.9 Å². The fourth-order valence-electron chi connectivity index (χ4n) is 2.85. The number of thiophene rings is 1. The average Bonchev–Trinajstić information content (AvgIpc) is 3.39. The van der Waals surface area contributed by atoms with Crippen LogP contribution in [0.4, 0.5) is 13.2 Å². The zero-order valence-electron chi connectivity index (χ0n) is 14.3. The average molecular weight is 447 g/mol. The van der Waals surface area contributed by atoms with Gasteiger partial charge in [-0.05, 0) is 42.1 Å². The Kier molecular flexibility index (Phi) is 5.64. The molecule has 0 amide bonds. The molecule has 0 radical (unpaired) electrons. The van der Waals surface area contributed by atoms with E-state index in [0.29, 0.717) is 17.5 Å². The molecule has 5 nitrogen and oxygen atoms in total. The first-order chi connectivity index (χ1) is 13.4. The fourth-order valence-corrected chi connectivity index (χ4v) is 4.64. The molecule has 1 aliphatic rings. The zero-order chi connectivity index (χ0) is 19.7. The molecule has 1 saturated heterocycles. The number of pyridine rings is 1. The van der Waals surface area contributed by atoms with Crippen LogP contribution in [-0.4, -0.2) is 32.5 Å². The molecule has 1 aliphatic heterocycles. The molecule has 1 atom stereocenters. The topological polar surface area (TPSA) is 52.8 Å². The minimum atomic E-state index is -4.49. The molecule has 0 aliphatic carbocycles. The van der Waals surface area contributed by atoms with E-state index in [1.807, 2.05) is 22.1 Å². The zero-order valence-corrected chi connectivity index (χ0v) is 16.7. The summed E-state index contributed by atoms with van der Waals surface area (Å²) < 4.78 is 46.2. The van der Waals surface area contributed by atoms with Crippen molar-refractivity contribution in [3.8, 4) is 10.7 Å². The van der Waals surface area contributed by atoms with Gasteiger partial charge in [0, 0.05) is 12.8 Å². The molecular formula is C17H14ClF3N4OS2. The largest absolute Gasteiger partial charge is 0.417 e. The minimum Gasteiger partial charge on any atom is -0.376 e. The first-order valence-electron chi connectivity index (χ1n) is 8.41. The van der Waals surface area contributed by atoms with E-state index < -0.39 is 11.7 Å². The van der Waals surface area contributed by atoms with Crippen molar-refractivity contribution in [2.24, 2.45) is 0 Å². The highest BCUT2D eigenvalue weighted by Crippen LogP contribution is 2.37. The van der Waals surface area contributed by atoms with Crippen LogP contribution in [-0.2, 0) is 17.5 Å². The van der Waals surface area contributed by atoms with Gasteiger partial charge >= 0.3 is 6.18 Å². The highest BCUT2D eigenvalue weighted by atomic mass is 35.5. The lowest BCUT2D eigenvalue weighted by Crippen LogP contribution is -2.16. The van der Waals surface area contributed by atoms with Gasteiger partial charge in [0.25, 0.3) is 0 Å². The van der Waals surface area contributed by atoms with Gasteiger partial charge in [0.1, 0.15) is 5.03 Å². The fraction of sp³-hybridized carbons (Fsp3) is 0.353. The number of aromatic nitrogens is 4. The summed E-state index contributed by atoms with van der Waals surface area (Å²) in [5.41, 5.74) is -0.887. The smallest absolute Gasteiger partial charge is 0.376 e. The van der Waals surface area contributed by atoms with E-state index in [-0.39, 0.29) is 16.2 Å². The Morgan fingerprint density at radius 2 is 2.21 bits per heavy atom. The molecule has 28 heavy (non-hydrogen) atoms. The van der Waals surface area contributed by atoms with E-state index in [1.54, 1.807) is 0 Å². The molecule has 0 bridgehead atoms. The van der Waals surface area contributed by atoms with Crippen LogP contribution < -0.4 is 0 Å². The van der Waals surface area contributed by atoms with Gasteiger partial charge < -0.3 is 4.74 Å². The van der Waals surface area contributed by atoms with Gasteiger partial charge in [-0.25, -0.2) is 4.98 Å². The van der Waals surface area contributed by atoms with Crippen LogP contribution in [0.15, 0.2) is 40.0 Å². The van der Waals surface area contributed by atoms with E-state index in [4.69, 9.17) is 16.3 Å². The number of rotatable bonds is 5. The monoisotopic (exact) mass is 446 g/mol. The summed E-state index contributed by atoms with van der Waals surface area (Å²) in [4.78, 5) is 4.83. The summed E-state index contributed by atoms with van der Waals surface area (Å²) in [5.74, 6) is 0.691. The second-order valence-electron chi connectivity index (χ2n) is 6.14. The molecule has 148 valence electrons. The van der Waals surface area contributed by atoms with Crippen LogP contribution in [0.1, 0.15) is 18.4 Å². The van der Waals surface area contributed by atoms with Gasteiger partial charge in [-0.2, -0.15) is 13.2 Å².